The largest absolute Gasteiger partial charge is 0.494 e. The lowest BCUT2D eigenvalue weighted by Crippen LogP contribution is -2.36. The van der Waals surface area contributed by atoms with Crippen molar-refractivity contribution in [1.29, 1.82) is 0 Å². The highest BCUT2D eigenvalue weighted by Gasteiger charge is 2.29. The van der Waals surface area contributed by atoms with Gasteiger partial charge in [0, 0.05) is 6.42 Å². The fourth-order valence-corrected chi connectivity index (χ4v) is 2.74. The number of amides is 1. The van der Waals surface area contributed by atoms with Gasteiger partial charge in [0.15, 0.2) is 0 Å². The van der Waals surface area contributed by atoms with Crippen molar-refractivity contribution in [1.82, 2.24) is 5.32 Å². The van der Waals surface area contributed by atoms with Crippen LogP contribution in [0.5, 0.6) is 5.75 Å². The minimum absolute atomic E-state index is 0.170. The molecular formula is C20H21FN2O3. The molecule has 0 saturated carbocycles. The summed E-state index contributed by atoms with van der Waals surface area (Å²) in [6.45, 7) is 4.45. The Morgan fingerprint density at radius 1 is 1.27 bits per heavy atom. The monoisotopic (exact) mass is 356 g/mol. The Hall–Kier alpha value is -2.89. The van der Waals surface area contributed by atoms with Gasteiger partial charge in [0.1, 0.15) is 11.6 Å². The maximum Gasteiger partial charge on any atom is 0.264 e. The van der Waals surface area contributed by atoms with E-state index in [0.717, 1.165) is 16.9 Å². The molecule has 0 bridgehead atoms. The molecule has 1 amide bonds. The first-order valence-electron chi connectivity index (χ1n) is 8.58. The standard InChI is InChI=1S/C20H21FN2O3/c1-3-25-17-10-6-14(7-11-17)13(2)22-20(24)19-12-18(23-26-19)15-4-8-16(21)9-5-15/h4-11,13,19H,3,12H2,1-2H3,(H,22,24). The number of hydrogen-bond donors (Lipinski definition) is 1. The van der Waals surface area contributed by atoms with Gasteiger partial charge in [-0.05, 0) is 49.2 Å². The van der Waals surface area contributed by atoms with E-state index in [1.165, 1.54) is 12.1 Å². The Balaban J connectivity index is 1.56. The van der Waals surface area contributed by atoms with Gasteiger partial charge in [0.05, 0.1) is 18.4 Å². The van der Waals surface area contributed by atoms with Crippen LogP contribution in [0.15, 0.2) is 53.7 Å². The molecular weight excluding hydrogens is 335 g/mol. The van der Waals surface area contributed by atoms with Crippen LogP contribution in [-0.2, 0) is 9.63 Å². The fraction of sp³-hybridized carbons (Fsp3) is 0.300. The number of rotatable bonds is 6. The molecule has 26 heavy (non-hydrogen) atoms. The first-order valence-corrected chi connectivity index (χ1v) is 8.58. The van der Waals surface area contributed by atoms with Crippen molar-refractivity contribution in [2.24, 2.45) is 5.16 Å². The number of halogens is 1. The molecule has 0 fully saturated rings. The summed E-state index contributed by atoms with van der Waals surface area (Å²) in [5, 5.41) is 6.90. The van der Waals surface area contributed by atoms with Crippen LogP contribution in [0, 0.1) is 5.82 Å². The van der Waals surface area contributed by atoms with Crippen molar-refractivity contribution >= 4 is 11.6 Å². The lowest BCUT2D eigenvalue weighted by Gasteiger charge is -2.17. The molecule has 0 aliphatic carbocycles. The van der Waals surface area contributed by atoms with Gasteiger partial charge in [-0.15, -0.1) is 0 Å². The third-order valence-corrected chi connectivity index (χ3v) is 4.19. The van der Waals surface area contributed by atoms with Crippen molar-refractivity contribution in [2.75, 3.05) is 6.61 Å². The molecule has 0 aromatic heterocycles. The normalized spacial score (nSPS) is 17.2. The summed E-state index contributed by atoms with van der Waals surface area (Å²) in [7, 11) is 0. The quantitative estimate of drug-likeness (QED) is 0.860. The van der Waals surface area contributed by atoms with E-state index >= 15 is 0 Å². The van der Waals surface area contributed by atoms with Crippen LogP contribution in [0.3, 0.4) is 0 Å². The highest BCUT2D eigenvalue weighted by atomic mass is 19.1. The van der Waals surface area contributed by atoms with Crippen LogP contribution in [0.2, 0.25) is 0 Å². The van der Waals surface area contributed by atoms with Crippen molar-refractivity contribution in [3.8, 4) is 5.75 Å². The fourth-order valence-electron chi connectivity index (χ4n) is 2.74. The predicted octanol–water partition coefficient (Wildman–Crippen LogP) is 3.59. The first-order chi connectivity index (χ1) is 12.6. The van der Waals surface area contributed by atoms with Crippen LogP contribution in [-0.4, -0.2) is 24.3 Å². The Morgan fingerprint density at radius 2 is 1.96 bits per heavy atom. The summed E-state index contributed by atoms with van der Waals surface area (Å²) in [5.41, 5.74) is 2.36. The summed E-state index contributed by atoms with van der Waals surface area (Å²) in [5.74, 6) is 0.255. The average molecular weight is 356 g/mol. The Kier molecular flexibility index (Phi) is 5.51. The first kappa shape index (κ1) is 17.9. The molecule has 136 valence electrons. The van der Waals surface area contributed by atoms with Crippen LogP contribution in [0.4, 0.5) is 4.39 Å². The molecule has 2 unspecified atom stereocenters. The summed E-state index contributed by atoms with van der Waals surface area (Å²) in [6, 6.07) is 13.4. The number of hydrogen-bond acceptors (Lipinski definition) is 4. The lowest BCUT2D eigenvalue weighted by atomic mass is 10.0. The summed E-state index contributed by atoms with van der Waals surface area (Å²) >= 11 is 0. The second kappa shape index (κ2) is 7.99. The number of carbonyl (C=O) groups is 1. The zero-order valence-corrected chi connectivity index (χ0v) is 14.7. The van der Waals surface area contributed by atoms with E-state index in [0.29, 0.717) is 18.7 Å². The number of nitrogens with zero attached hydrogens (tertiary/aromatic N) is 1. The summed E-state index contributed by atoms with van der Waals surface area (Å²) in [4.78, 5) is 17.7. The maximum atomic E-state index is 13.0. The van der Waals surface area contributed by atoms with Crippen molar-refractivity contribution in [3.05, 3.63) is 65.5 Å². The van der Waals surface area contributed by atoms with Gasteiger partial charge >= 0.3 is 0 Å². The summed E-state index contributed by atoms with van der Waals surface area (Å²) in [6.07, 6.45) is -0.326. The second-order valence-corrected chi connectivity index (χ2v) is 6.08. The second-order valence-electron chi connectivity index (χ2n) is 6.08. The Labute approximate surface area is 151 Å². The highest BCUT2D eigenvalue weighted by Crippen LogP contribution is 2.20. The topological polar surface area (TPSA) is 59.9 Å². The molecule has 3 rings (SSSR count). The molecule has 5 nitrogen and oxygen atoms in total. The number of carbonyl (C=O) groups excluding carboxylic acids is 1. The van der Waals surface area contributed by atoms with Gasteiger partial charge in [0.25, 0.3) is 5.91 Å². The van der Waals surface area contributed by atoms with Crippen LogP contribution < -0.4 is 10.1 Å². The van der Waals surface area contributed by atoms with Gasteiger partial charge in [-0.3, -0.25) is 4.79 Å². The van der Waals surface area contributed by atoms with Gasteiger partial charge in [-0.2, -0.15) is 0 Å². The molecule has 2 aromatic rings. The molecule has 1 aliphatic heterocycles. The van der Waals surface area contributed by atoms with E-state index in [-0.39, 0.29) is 17.8 Å². The van der Waals surface area contributed by atoms with E-state index in [1.54, 1.807) is 12.1 Å². The predicted molar refractivity (Wildman–Crippen MR) is 96.6 cm³/mol. The van der Waals surface area contributed by atoms with E-state index in [4.69, 9.17) is 9.57 Å². The molecule has 0 saturated heterocycles. The van der Waals surface area contributed by atoms with Gasteiger partial charge in [0.2, 0.25) is 6.10 Å². The minimum Gasteiger partial charge on any atom is -0.494 e. The zero-order chi connectivity index (χ0) is 18.5. The maximum absolute atomic E-state index is 13.0. The molecule has 0 spiro atoms. The van der Waals surface area contributed by atoms with E-state index in [1.807, 2.05) is 38.1 Å². The van der Waals surface area contributed by atoms with Crippen molar-refractivity contribution in [3.63, 3.8) is 0 Å². The highest BCUT2D eigenvalue weighted by molar-refractivity contribution is 6.04. The number of ether oxygens (including phenoxy) is 1. The van der Waals surface area contributed by atoms with Gasteiger partial charge < -0.3 is 14.9 Å². The van der Waals surface area contributed by atoms with Gasteiger partial charge in [-0.1, -0.05) is 29.4 Å². The molecule has 0 radical (unpaired) electrons. The van der Waals surface area contributed by atoms with Crippen LogP contribution in [0.1, 0.15) is 37.4 Å². The Morgan fingerprint density at radius 3 is 2.62 bits per heavy atom. The third kappa shape index (κ3) is 4.20. The Bertz CT molecular complexity index is 788. The van der Waals surface area contributed by atoms with Crippen molar-refractivity contribution in [2.45, 2.75) is 32.4 Å². The summed E-state index contributed by atoms with van der Waals surface area (Å²) < 4.78 is 18.4. The van der Waals surface area contributed by atoms with E-state index in [2.05, 4.69) is 10.5 Å². The molecule has 1 heterocycles. The SMILES string of the molecule is CCOc1ccc(C(C)NC(=O)C2CC(c3ccc(F)cc3)=NO2)cc1. The van der Waals surface area contributed by atoms with Crippen molar-refractivity contribution < 1.29 is 18.8 Å². The molecule has 2 atom stereocenters. The molecule has 6 heteroatoms. The van der Waals surface area contributed by atoms with Crippen LogP contribution >= 0.6 is 0 Å². The molecule has 2 aromatic carbocycles. The van der Waals surface area contributed by atoms with E-state index < -0.39 is 6.10 Å². The molecule has 1 N–H and O–H groups in total. The number of oxime groups is 1. The average Bonchev–Trinajstić information content (AvgIpc) is 3.13. The van der Waals surface area contributed by atoms with E-state index in [9.17, 15) is 9.18 Å². The number of nitrogens with one attached hydrogen (secondary N) is 1. The van der Waals surface area contributed by atoms with Crippen LogP contribution in [0.25, 0.3) is 0 Å². The molecule has 1 aliphatic rings. The minimum atomic E-state index is -0.680. The third-order valence-electron chi connectivity index (χ3n) is 4.19. The van der Waals surface area contributed by atoms with Gasteiger partial charge in [-0.25, -0.2) is 4.39 Å². The number of benzene rings is 2. The zero-order valence-electron chi connectivity index (χ0n) is 14.7. The smallest absolute Gasteiger partial charge is 0.264 e. The lowest BCUT2D eigenvalue weighted by molar-refractivity contribution is -0.131.